The van der Waals surface area contributed by atoms with Crippen LogP contribution >= 0.6 is 0 Å². The van der Waals surface area contributed by atoms with E-state index in [9.17, 15) is 0 Å². The molecule has 0 aliphatic carbocycles. The molecule has 3 nitrogen and oxygen atoms in total. The molecule has 1 rings (SSSR count). The summed E-state index contributed by atoms with van der Waals surface area (Å²) >= 11 is 0. The Balaban J connectivity index is 2.61. The first kappa shape index (κ1) is 13.0. The number of rotatable bonds is 7. The van der Waals surface area contributed by atoms with Gasteiger partial charge in [-0.1, -0.05) is 19.9 Å². The summed E-state index contributed by atoms with van der Waals surface area (Å²) in [5.74, 6) is 1.09. The van der Waals surface area contributed by atoms with Crippen LogP contribution in [0.4, 0.5) is 5.82 Å². The molecule has 0 aliphatic rings. The Labute approximate surface area is 98.9 Å². The molecule has 16 heavy (non-hydrogen) atoms. The molecule has 0 fully saturated rings. The topological polar surface area (TPSA) is 28.2 Å². The molecule has 1 heterocycles. The van der Waals surface area contributed by atoms with Gasteiger partial charge < -0.3 is 10.2 Å². The van der Waals surface area contributed by atoms with Crippen LogP contribution in [0.25, 0.3) is 0 Å². The molecule has 90 valence electrons. The molecule has 1 N–H and O–H groups in total. The molecule has 0 saturated carbocycles. The highest BCUT2D eigenvalue weighted by molar-refractivity contribution is 5.38. The Morgan fingerprint density at radius 2 is 2.06 bits per heavy atom. The Morgan fingerprint density at radius 1 is 1.25 bits per heavy atom. The number of nitrogens with one attached hydrogen (secondary N) is 1. The second-order valence-corrected chi connectivity index (χ2v) is 3.88. The summed E-state index contributed by atoms with van der Waals surface area (Å²) < 4.78 is 0. The third-order valence-corrected chi connectivity index (χ3v) is 2.59. The van der Waals surface area contributed by atoms with Gasteiger partial charge in [0.05, 0.1) is 0 Å². The van der Waals surface area contributed by atoms with Crippen molar-refractivity contribution in [3.8, 4) is 0 Å². The Morgan fingerprint density at radius 3 is 2.56 bits per heavy atom. The Kier molecular flexibility index (Phi) is 5.86. The van der Waals surface area contributed by atoms with Gasteiger partial charge in [0.1, 0.15) is 5.82 Å². The van der Waals surface area contributed by atoms with Crippen LogP contribution in [0.5, 0.6) is 0 Å². The summed E-state index contributed by atoms with van der Waals surface area (Å²) in [6, 6.07) is 4.27. The monoisotopic (exact) mass is 221 g/mol. The van der Waals surface area contributed by atoms with E-state index in [0.717, 1.165) is 38.4 Å². The van der Waals surface area contributed by atoms with E-state index in [0.29, 0.717) is 0 Å². The molecule has 0 atom stereocenters. The second kappa shape index (κ2) is 7.23. The van der Waals surface area contributed by atoms with E-state index >= 15 is 0 Å². The van der Waals surface area contributed by atoms with Crippen LogP contribution in [0.15, 0.2) is 18.3 Å². The van der Waals surface area contributed by atoms with Crippen molar-refractivity contribution in [2.45, 2.75) is 33.7 Å². The minimum Gasteiger partial charge on any atom is -0.357 e. The Hall–Kier alpha value is -1.09. The van der Waals surface area contributed by atoms with Crippen molar-refractivity contribution in [3.63, 3.8) is 0 Å². The van der Waals surface area contributed by atoms with E-state index in [2.05, 4.69) is 48.1 Å². The Bertz CT molecular complexity index is 282. The summed E-state index contributed by atoms with van der Waals surface area (Å²) in [5.41, 5.74) is 1.25. The van der Waals surface area contributed by atoms with E-state index in [4.69, 9.17) is 0 Å². The van der Waals surface area contributed by atoms with Gasteiger partial charge >= 0.3 is 0 Å². The van der Waals surface area contributed by atoms with Gasteiger partial charge in [0.25, 0.3) is 0 Å². The van der Waals surface area contributed by atoms with Crippen molar-refractivity contribution in [1.29, 1.82) is 0 Å². The zero-order chi connectivity index (χ0) is 11.8. The molecule has 0 spiro atoms. The first-order valence-corrected chi connectivity index (χ1v) is 6.22. The maximum Gasteiger partial charge on any atom is 0.128 e. The lowest BCUT2D eigenvalue weighted by molar-refractivity contribution is 0.722. The maximum absolute atomic E-state index is 4.51. The quantitative estimate of drug-likeness (QED) is 0.766. The lowest BCUT2D eigenvalue weighted by Gasteiger charge is -2.21. The zero-order valence-electron chi connectivity index (χ0n) is 10.7. The van der Waals surface area contributed by atoms with Gasteiger partial charge in [-0.3, -0.25) is 0 Å². The van der Waals surface area contributed by atoms with E-state index in [1.807, 2.05) is 6.20 Å². The summed E-state index contributed by atoms with van der Waals surface area (Å²) in [6.45, 7) is 10.5. The average Bonchev–Trinajstić information content (AvgIpc) is 2.34. The van der Waals surface area contributed by atoms with Gasteiger partial charge in [-0.05, 0) is 31.5 Å². The molecule has 1 aromatic heterocycles. The molecule has 0 saturated heterocycles. The van der Waals surface area contributed by atoms with Crippen molar-refractivity contribution in [2.24, 2.45) is 0 Å². The SMILES string of the molecule is CCCN(CC)c1ccc(CNCC)cn1. The van der Waals surface area contributed by atoms with E-state index in [1.165, 1.54) is 5.56 Å². The molecule has 0 unspecified atom stereocenters. The molecule has 3 heteroatoms. The van der Waals surface area contributed by atoms with Crippen molar-refractivity contribution >= 4 is 5.82 Å². The first-order chi connectivity index (χ1) is 7.81. The van der Waals surface area contributed by atoms with Crippen LogP contribution in [0.1, 0.15) is 32.8 Å². The highest BCUT2D eigenvalue weighted by Gasteiger charge is 2.03. The number of anilines is 1. The molecule has 0 bridgehead atoms. The number of nitrogens with zero attached hydrogens (tertiary/aromatic N) is 2. The fourth-order valence-corrected chi connectivity index (χ4v) is 1.68. The lowest BCUT2D eigenvalue weighted by Crippen LogP contribution is -2.24. The number of aromatic nitrogens is 1. The standard InChI is InChI=1S/C13H23N3/c1-4-9-16(6-3)13-8-7-12(11-15-13)10-14-5-2/h7-8,11,14H,4-6,9-10H2,1-3H3. The van der Waals surface area contributed by atoms with Crippen molar-refractivity contribution in [2.75, 3.05) is 24.5 Å². The molecular formula is C13H23N3. The van der Waals surface area contributed by atoms with Crippen molar-refractivity contribution < 1.29 is 0 Å². The van der Waals surface area contributed by atoms with Crippen molar-refractivity contribution in [1.82, 2.24) is 10.3 Å². The van der Waals surface area contributed by atoms with Crippen LogP contribution in [0, 0.1) is 0 Å². The minimum atomic E-state index is 0.906. The molecule has 0 aromatic carbocycles. The van der Waals surface area contributed by atoms with Crippen LogP contribution in [-0.4, -0.2) is 24.6 Å². The number of pyridine rings is 1. The van der Waals surface area contributed by atoms with E-state index < -0.39 is 0 Å². The first-order valence-electron chi connectivity index (χ1n) is 6.22. The summed E-state index contributed by atoms with van der Waals surface area (Å²) in [7, 11) is 0. The maximum atomic E-state index is 4.51. The van der Waals surface area contributed by atoms with Gasteiger partial charge in [0.15, 0.2) is 0 Å². The minimum absolute atomic E-state index is 0.906. The predicted molar refractivity (Wildman–Crippen MR) is 69.8 cm³/mol. The lowest BCUT2D eigenvalue weighted by atomic mass is 10.2. The van der Waals surface area contributed by atoms with E-state index in [1.54, 1.807) is 0 Å². The fourth-order valence-electron chi connectivity index (χ4n) is 1.68. The fraction of sp³-hybridized carbons (Fsp3) is 0.615. The summed E-state index contributed by atoms with van der Waals surface area (Å²) in [6.07, 6.45) is 3.13. The molecule has 0 amide bonds. The van der Waals surface area contributed by atoms with Crippen LogP contribution in [0.2, 0.25) is 0 Å². The van der Waals surface area contributed by atoms with Crippen molar-refractivity contribution in [3.05, 3.63) is 23.9 Å². The van der Waals surface area contributed by atoms with Gasteiger partial charge in [-0.15, -0.1) is 0 Å². The van der Waals surface area contributed by atoms with Gasteiger partial charge in [-0.25, -0.2) is 4.98 Å². The van der Waals surface area contributed by atoms with E-state index in [-0.39, 0.29) is 0 Å². The van der Waals surface area contributed by atoms with Gasteiger partial charge in [-0.2, -0.15) is 0 Å². The zero-order valence-corrected chi connectivity index (χ0v) is 10.7. The highest BCUT2D eigenvalue weighted by atomic mass is 15.2. The number of hydrogen-bond donors (Lipinski definition) is 1. The summed E-state index contributed by atoms with van der Waals surface area (Å²) in [4.78, 5) is 6.81. The van der Waals surface area contributed by atoms with Crippen LogP contribution < -0.4 is 10.2 Å². The van der Waals surface area contributed by atoms with Crippen LogP contribution in [-0.2, 0) is 6.54 Å². The predicted octanol–water partition coefficient (Wildman–Crippen LogP) is 2.43. The van der Waals surface area contributed by atoms with Crippen LogP contribution in [0.3, 0.4) is 0 Å². The van der Waals surface area contributed by atoms with Gasteiger partial charge in [0.2, 0.25) is 0 Å². The number of hydrogen-bond acceptors (Lipinski definition) is 3. The molecule has 0 radical (unpaired) electrons. The normalized spacial score (nSPS) is 10.4. The molecule has 1 aromatic rings. The molecular weight excluding hydrogens is 198 g/mol. The highest BCUT2D eigenvalue weighted by Crippen LogP contribution is 2.11. The molecule has 0 aliphatic heterocycles. The summed E-state index contributed by atoms with van der Waals surface area (Å²) in [5, 5.41) is 3.30. The average molecular weight is 221 g/mol. The second-order valence-electron chi connectivity index (χ2n) is 3.88. The third kappa shape index (κ3) is 3.81. The smallest absolute Gasteiger partial charge is 0.128 e. The third-order valence-electron chi connectivity index (χ3n) is 2.59. The largest absolute Gasteiger partial charge is 0.357 e. The van der Waals surface area contributed by atoms with Gasteiger partial charge in [0, 0.05) is 25.8 Å².